The van der Waals surface area contributed by atoms with Crippen molar-refractivity contribution in [2.24, 2.45) is 0 Å². The molecule has 1 aliphatic heterocycles. The summed E-state index contributed by atoms with van der Waals surface area (Å²) < 4.78 is 33.5. The van der Waals surface area contributed by atoms with Crippen LogP contribution >= 0.6 is 11.6 Å². The first-order chi connectivity index (χ1) is 15.2. The minimum absolute atomic E-state index is 0.142. The van der Waals surface area contributed by atoms with Gasteiger partial charge in [0, 0.05) is 12.2 Å². The summed E-state index contributed by atoms with van der Waals surface area (Å²) in [7, 11) is 0. The number of imide groups is 1. The van der Waals surface area contributed by atoms with Gasteiger partial charge in [0.05, 0.1) is 22.6 Å². The number of benzene rings is 2. The Kier molecular flexibility index (Phi) is 7.04. The van der Waals surface area contributed by atoms with Crippen molar-refractivity contribution in [1.82, 2.24) is 4.90 Å². The maximum absolute atomic E-state index is 12.4. The van der Waals surface area contributed by atoms with Gasteiger partial charge in [0.25, 0.3) is 17.7 Å². The van der Waals surface area contributed by atoms with Crippen LogP contribution in [0.3, 0.4) is 0 Å². The minimum Gasteiger partial charge on any atom is -0.456 e. The highest BCUT2D eigenvalue weighted by Gasteiger charge is 2.35. The van der Waals surface area contributed by atoms with E-state index in [4.69, 9.17) is 16.3 Å². The zero-order valence-electron chi connectivity index (χ0n) is 16.7. The monoisotopic (exact) mass is 466 g/mol. The molecule has 168 valence electrons. The molecule has 1 N–H and O–H groups in total. The van der Waals surface area contributed by atoms with Gasteiger partial charge < -0.3 is 14.8 Å². The third kappa shape index (κ3) is 5.38. The number of aryl methyl sites for hydroxylation is 1. The van der Waals surface area contributed by atoms with Crippen molar-refractivity contribution in [3.8, 4) is 5.75 Å². The summed E-state index contributed by atoms with van der Waals surface area (Å²) >= 11 is 5.80. The molecule has 2 aromatic carbocycles. The lowest BCUT2D eigenvalue weighted by atomic mass is 10.1. The molecule has 0 spiro atoms. The largest absolute Gasteiger partial charge is 0.456 e. The third-order valence-corrected chi connectivity index (χ3v) is 4.76. The van der Waals surface area contributed by atoms with Crippen molar-refractivity contribution >= 4 is 41.0 Å². The molecule has 3 amide bonds. The van der Waals surface area contributed by atoms with Crippen LogP contribution in [0.1, 0.15) is 32.7 Å². The van der Waals surface area contributed by atoms with E-state index in [1.165, 1.54) is 12.1 Å². The quantitative estimate of drug-likeness (QED) is 0.472. The van der Waals surface area contributed by atoms with E-state index in [-0.39, 0.29) is 40.6 Å². The fraction of sp³-hybridized carbons (Fsp3) is 0.238. The fourth-order valence-corrected chi connectivity index (χ4v) is 3.22. The lowest BCUT2D eigenvalue weighted by molar-refractivity contribution is -0.147. The number of alkyl halides is 2. The van der Waals surface area contributed by atoms with Crippen molar-refractivity contribution in [2.45, 2.75) is 20.0 Å². The molecule has 0 aliphatic carbocycles. The first-order valence-corrected chi connectivity index (χ1v) is 9.70. The first-order valence-electron chi connectivity index (χ1n) is 9.32. The van der Waals surface area contributed by atoms with Crippen LogP contribution in [0.4, 0.5) is 14.5 Å². The van der Waals surface area contributed by atoms with Gasteiger partial charge in [-0.25, -0.2) is 0 Å². The lowest BCUT2D eigenvalue weighted by Gasteiger charge is -2.13. The second-order valence-corrected chi connectivity index (χ2v) is 7.20. The summed E-state index contributed by atoms with van der Waals surface area (Å²) in [6, 6.07) is 8.52. The van der Waals surface area contributed by atoms with Crippen molar-refractivity contribution in [1.29, 1.82) is 0 Å². The number of hydrogen-bond donors (Lipinski definition) is 1. The molecule has 1 aliphatic rings. The summed E-state index contributed by atoms with van der Waals surface area (Å²) in [6.07, 6.45) is -0.288. The van der Waals surface area contributed by atoms with Crippen molar-refractivity contribution in [2.75, 3.05) is 18.5 Å². The number of halogens is 3. The van der Waals surface area contributed by atoms with Gasteiger partial charge in [-0.15, -0.1) is 0 Å². The number of anilines is 1. The zero-order chi connectivity index (χ0) is 23.4. The number of carbonyl (C=O) groups is 4. The van der Waals surface area contributed by atoms with Crippen LogP contribution in [0.15, 0.2) is 36.4 Å². The Morgan fingerprint density at radius 1 is 1.09 bits per heavy atom. The average molecular weight is 467 g/mol. The van der Waals surface area contributed by atoms with Gasteiger partial charge in [0.15, 0.2) is 6.61 Å². The molecule has 2 aromatic rings. The topological polar surface area (TPSA) is 102 Å². The maximum atomic E-state index is 12.4. The van der Waals surface area contributed by atoms with E-state index in [1.54, 1.807) is 25.1 Å². The number of ether oxygens (including phenoxy) is 2. The molecule has 8 nitrogen and oxygen atoms in total. The Bertz CT molecular complexity index is 1090. The number of fused-ring (bicyclic) bond motifs is 1. The van der Waals surface area contributed by atoms with E-state index >= 15 is 0 Å². The first kappa shape index (κ1) is 23.1. The van der Waals surface area contributed by atoms with Gasteiger partial charge in [-0.3, -0.25) is 24.1 Å². The van der Waals surface area contributed by atoms with E-state index in [9.17, 15) is 28.0 Å². The number of esters is 1. The summed E-state index contributed by atoms with van der Waals surface area (Å²) in [6.45, 7) is -2.07. The molecule has 11 heteroatoms. The highest BCUT2D eigenvalue weighted by Crippen LogP contribution is 2.29. The Balaban J connectivity index is 1.46. The number of rotatable bonds is 8. The molecule has 0 saturated heterocycles. The van der Waals surface area contributed by atoms with Crippen LogP contribution in [-0.4, -0.2) is 48.4 Å². The van der Waals surface area contributed by atoms with Crippen molar-refractivity contribution in [3.05, 3.63) is 58.1 Å². The maximum Gasteiger partial charge on any atom is 0.387 e. The normalized spacial score (nSPS) is 12.7. The number of carbonyl (C=O) groups excluding carboxylic acids is 4. The molecule has 1 heterocycles. The van der Waals surface area contributed by atoms with Crippen LogP contribution in [0.5, 0.6) is 5.75 Å². The second-order valence-electron chi connectivity index (χ2n) is 6.79. The molecular weight excluding hydrogens is 450 g/mol. The predicted octanol–water partition coefficient (Wildman–Crippen LogP) is 3.42. The molecule has 0 unspecified atom stereocenters. The molecule has 0 radical (unpaired) electrons. The van der Waals surface area contributed by atoms with Gasteiger partial charge in [0.1, 0.15) is 5.75 Å². The molecule has 0 saturated carbocycles. The van der Waals surface area contributed by atoms with Gasteiger partial charge in [-0.2, -0.15) is 8.78 Å². The molecule has 0 fully saturated rings. The van der Waals surface area contributed by atoms with E-state index in [0.717, 1.165) is 16.5 Å². The van der Waals surface area contributed by atoms with E-state index in [1.807, 2.05) is 0 Å². The van der Waals surface area contributed by atoms with Crippen molar-refractivity contribution < 1.29 is 37.4 Å². The van der Waals surface area contributed by atoms with Crippen LogP contribution < -0.4 is 10.1 Å². The predicted molar refractivity (Wildman–Crippen MR) is 109 cm³/mol. The van der Waals surface area contributed by atoms with Crippen molar-refractivity contribution in [3.63, 3.8) is 0 Å². The van der Waals surface area contributed by atoms with E-state index in [2.05, 4.69) is 10.1 Å². The smallest absolute Gasteiger partial charge is 0.387 e. The number of nitrogens with zero attached hydrogens (tertiary/aromatic N) is 1. The van der Waals surface area contributed by atoms with E-state index in [0.29, 0.717) is 0 Å². The number of nitrogens with one attached hydrogen (secondary N) is 1. The van der Waals surface area contributed by atoms with Crippen LogP contribution in [0.2, 0.25) is 5.02 Å². The fourth-order valence-electron chi connectivity index (χ4n) is 3.00. The molecule has 0 bridgehead atoms. The van der Waals surface area contributed by atoms with Gasteiger partial charge in [-0.1, -0.05) is 23.2 Å². The molecular formula is C21H17ClF2N2O6. The molecule has 3 rings (SSSR count). The number of amides is 3. The summed E-state index contributed by atoms with van der Waals surface area (Å²) in [4.78, 5) is 49.5. The molecule has 0 atom stereocenters. The number of hydrogen-bond acceptors (Lipinski definition) is 6. The van der Waals surface area contributed by atoms with Gasteiger partial charge in [0.2, 0.25) is 0 Å². The SMILES string of the molecule is Cc1ccc2c(c1)C(=O)N(CCC(=O)OCC(=O)Nc1ccc(OC(F)F)c(Cl)c1)C2=O. The van der Waals surface area contributed by atoms with Gasteiger partial charge in [-0.05, 0) is 37.3 Å². The average Bonchev–Trinajstić information content (AvgIpc) is 2.96. The van der Waals surface area contributed by atoms with Gasteiger partial charge >= 0.3 is 12.6 Å². The highest BCUT2D eigenvalue weighted by molar-refractivity contribution is 6.32. The summed E-state index contributed by atoms with van der Waals surface area (Å²) in [5.74, 6) is -2.73. The van der Waals surface area contributed by atoms with Crippen LogP contribution in [0.25, 0.3) is 0 Å². The Labute approximate surface area is 186 Å². The standard InChI is InChI=1S/C21H17ClF2N2O6/c1-11-2-4-13-14(8-11)20(30)26(19(13)29)7-6-18(28)31-10-17(27)25-12-3-5-16(15(22)9-12)32-21(23)24/h2-5,8-9,21H,6-7,10H2,1H3,(H,25,27). The molecule has 0 aromatic heterocycles. The van der Waals surface area contributed by atoms with Crippen LogP contribution in [0, 0.1) is 6.92 Å². The summed E-state index contributed by atoms with van der Waals surface area (Å²) in [5, 5.41) is 2.24. The minimum atomic E-state index is -3.04. The zero-order valence-corrected chi connectivity index (χ0v) is 17.4. The van der Waals surface area contributed by atoms with E-state index < -0.39 is 36.9 Å². The Hall–Kier alpha value is -3.53. The highest BCUT2D eigenvalue weighted by atomic mass is 35.5. The van der Waals surface area contributed by atoms with Crippen LogP contribution in [-0.2, 0) is 14.3 Å². The Morgan fingerprint density at radius 3 is 2.50 bits per heavy atom. The lowest BCUT2D eigenvalue weighted by Crippen LogP contribution is -2.32. The third-order valence-electron chi connectivity index (χ3n) is 4.46. The molecule has 32 heavy (non-hydrogen) atoms. The Morgan fingerprint density at radius 2 is 1.81 bits per heavy atom. The summed E-state index contributed by atoms with van der Waals surface area (Å²) in [5.41, 5.74) is 1.57. The second kappa shape index (κ2) is 9.73.